The molecule has 2 aromatic rings. The number of hydrogen-bond acceptors (Lipinski definition) is 4. The van der Waals surface area contributed by atoms with Crippen molar-refractivity contribution in [3.8, 4) is 0 Å². The van der Waals surface area contributed by atoms with Crippen molar-refractivity contribution in [3.05, 3.63) is 47.0 Å². The Kier molecular flexibility index (Phi) is 3.61. The summed E-state index contributed by atoms with van der Waals surface area (Å²) < 4.78 is 1.10. The summed E-state index contributed by atoms with van der Waals surface area (Å²) in [5, 5.41) is 0. The molecule has 2 heterocycles. The third-order valence-electron chi connectivity index (χ3n) is 4.08. The summed E-state index contributed by atoms with van der Waals surface area (Å²) in [6, 6.07) is 8.27. The summed E-state index contributed by atoms with van der Waals surface area (Å²) in [6.45, 7) is 6.19. The van der Waals surface area contributed by atoms with Gasteiger partial charge in [-0.25, -0.2) is 9.97 Å². The summed E-state index contributed by atoms with van der Waals surface area (Å²) in [5.74, 6) is 0.853. The van der Waals surface area contributed by atoms with Crippen LogP contribution in [0.3, 0.4) is 0 Å². The lowest BCUT2D eigenvalue weighted by Crippen LogP contribution is -2.54. The van der Waals surface area contributed by atoms with Crippen LogP contribution in [0.25, 0.3) is 0 Å². The summed E-state index contributed by atoms with van der Waals surface area (Å²) in [5.41, 5.74) is 2.52. The van der Waals surface area contributed by atoms with Crippen molar-refractivity contribution >= 4 is 27.3 Å². The highest BCUT2D eigenvalue weighted by Gasteiger charge is 2.34. The minimum absolute atomic E-state index is 0.0581. The molecule has 0 bridgehead atoms. The lowest BCUT2D eigenvalue weighted by Gasteiger charge is -2.48. The van der Waals surface area contributed by atoms with E-state index in [0.29, 0.717) is 0 Å². The van der Waals surface area contributed by atoms with Gasteiger partial charge in [0.05, 0.1) is 23.5 Å². The van der Waals surface area contributed by atoms with Gasteiger partial charge in [0, 0.05) is 30.5 Å². The first-order valence-electron chi connectivity index (χ1n) is 7.01. The number of aromatic nitrogens is 2. The molecule has 4 nitrogen and oxygen atoms in total. The molecule has 0 atom stereocenters. The predicted molar refractivity (Wildman–Crippen MR) is 89.7 cm³/mol. The molecule has 1 aromatic heterocycles. The van der Waals surface area contributed by atoms with E-state index in [9.17, 15) is 0 Å². The van der Waals surface area contributed by atoms with Gasteiger partial charge >= 0.3 is 0 Å². The Balaban J connectivity index is 2.00. The van der Waals surface area contributed by atoms with Crippen LogP contribution in [0.2, 0.25) is 0 Å². The summed E-state index contributed by atoms with van der Waals surface area (Å²) >= 11 is 3.57. The molecule has 0 unspecified atom stereocenters. The van der Waals surface area contributed by atoms with E-state index in [4.69, 9.17) is 0 Å². The molecular formula is C16H19BrN4. The second kappa shape index (κ2) is 5.30. The van der Waals surface area contributed by atoms with E-state index in [1.54, 1.807) is 12.4 Å². The molecule has 1 aliphatic rings. The van der Waals surface area contributed by atoms with Gasteiger partial charge in [-0.2, -0.15) is 0 Å². The number of anilines is 2. The fourth-order valence-corrected chi connectivity index (χ4v) is 3.09. The standard InChI is InChI=1S/C16H19BrN4/c1-16(2)11-21(10-15-18-7-4-8-19-15)13-6-5-12(17)9-14(13)20(16)3/h4-9H,10-11H2,1-3H3. The van der Waals surface area contributed by atoms with Gasteiger partial charge in [0.15, 0.2) is 0 Å². The van der Waals surface area contributed by atoms with Crippen LogP contribution in [0, 0.1) is 0 Å². The van der Waals surface area contributed by atoms with Crippen LogP contribution >= 0.6 is 15.9 Å². The molecule has 0 fully saturated rings. The van der Waals surface area contributed by atoms with E-state index in [1.165, 1.54) is 11.4 Å². The van der Waals surface area contributed by atoms with Gasteiger partial charge in [0.1, 0.15) is 5.82 Å². The van der Waals surface area contributed by atoms with Crippen LogP contribution in [0.4, 0.5) is 11.4 Å². The van der Waals surface area contributed by atoms with Crippen molar-refractivity contribution in [2.24, 2.45) is 0 Å². The molecule has 21 heavy (non-hydrogen) atoms. The number of benzene rings is 1. The van der Waals surface area contributed by atoms with E-state index in [0.717, 1.165) is 23.4 Å². The second-order valence-corrected chi connectivity index (χ2v) is 6.94. The minimum Gasteiger partial charge on any atom is -0.366 e. The average Bonchev–Trinajstić information content (AvgIpc) is 2.45. The predicted octanol–water partition coefficient (Wildman–Crippen LogP) is 3.47. The SMILES string of the molecule is CN1c2cc(Br)ccc2N(Cc2ncccn2)CC1(C)C. The maximum Gasteiger partial charge on any atom is 0.147 e. The molecule has 0 spiro atoms. The Morgan fingerprint density at radius 3 is 2.62 bits per heavy atom. The fourth-order valence-electron chi connectivity index (χ4n) is 2.74. The van der Waals surface area contributed by atoms with E-state index in [2.05, 4.69) is 74.8 Å². The van der Waals surface area contributed by atoms with Crippen LogP contribution in [-0.2, 0) is 6.54 Å². The number of rotatable bonds is 2. The number of halogens is 1. The lowest BCUT2D eigenvalue weighted by atomic mass is 9.97. The van der Waals surface area contributed by atoms with Crippen LogP contribution in [-0.4, -0.2) is 29.1 Å². The molecule has 0 N–H and O–H groups in total. The highest BCUT2D eigenvalue weighted by Crippen LogP contribution is 2.40. The molecule has 0 radical (unpaired) electrons. The highest BCUT2D eigenvalue weighted by molar-refractivity contribution is 9.10. The van der Waals surface area contributed by atoms with Crippen molar-refractivity contribution in [1.29, 1.82) is 0 Å². The molecule has 0 amide bonds. The van der Waals surface area contributed by atoms with Crippen molar-refractivity contribution in [1.82, 2.24) is 9.97 Å². The first-order chi connectivity index (χ1) is 9.97. The van der Waals surface area contributed by atoms with Gasteiger partial charge in [-0.1, -0.05) is 15.9 Å². The Morgan fingerprint density at radius 1 is 1.19 bits per heavy atom. The molecule has 110 valence electrons. The topological polar surface area (TPSA) is 32.3 Å². The summed E-state index contributed by atoms with van der Waals surface area (Å²) in [6.07, 6.45) is 3.60. The number of hydrogen-bond donors (Lipinski definition) is 0. The van der Waals surface area contributed by atoms with Gasteiger partial charge in [0.25, 0.3) is 0 Å². The zero-order valence-electron chi connectivity index (χ0n) is 12.5. The van der Waals surface area contributed by atoms with Crippen LogP contribution < -0.4 is 9.80 Å². The van der Waals surface area contributed by atoms with Crippen LogP contribution in [0.1, 0.15) is 19.7 Å². The fraction of sp³-hybridized carbons (Fsp3) is 0.375. The highest BCUT2D eigenvalue weighted by atomic mass is 79.9. The average molecular weight is 347 g/mol. The number of fused-ring (bicyclic) bond motifs is 1. The molecule has 3 rings (SSSR count). The summed E-state index contributed by atoms with van der Waals surface area (Å²) in [7, 11) is 2.15. The molecule has 0 aliphatic carbocycles. The zero-order chi connectivity index (χ0) is 15.0. The van der Waals surface area contributed by atoms with Gasteiger partial charge in [-0.05, 0) is 38.1 Å². The largest absolute Gasteiger partial charge is 0.366 e. The van der Waals surface area contributed by atoms with E-state index >= 15 is 0 Å². The molecule has 1 aromatic carbocycles. The Labute approximate surface area is 133 Å². The van der Waals surface area contributed by atoms with E-state index in [-0.39, 0.29) is 5.54 Å². The third-order valence-corrected chi connectivity index (χ3v) is 4.57. The van der Waals surface area contributed by atoms with Crippen molar-refractivity contribution in [3.63, 3.8) is 0 Å². The molecule has 1 aliphatic heterocycles. The quantitative estimate of drug-likeness (QED) is 0.833. The van der Waals surface area contributed by atoms with Gasteiger partial charge in [-0.3, -0.25) is 0 Å². The van der Waals surface area contributed by atoms with E-state index < -0.39 is 0 Å². The van der Waals surface area contributed by atoms with Gasteiger partial charge in [-0.15, -0.1) is 0 Å². The monoisotopic (exact) mass is 346 g/mol. The molecule has 0 saturated heterocycles. The Hall–Kier alpha value is -1.62. The zero-order valence-corrected chi connectivity index (χ0v) is 14.1. The van der Waals surface area contributed by atoms with Crippen molar-refractivity contribution in [2.45, 2.75) is 25.9 Å². The maximum absolute atomic E-state index is 4.35. The normalized spacial score (nSPS) is 16.8. The number of nitrogens with zero attached hydrogens (tertiary/aromatic N) is 4. The van der Waals surface area contributed by atoms with Crippen LogP contribution in [0.5, 0.6) is 0 Å². The Bertz CT molecular complexity index is 642. The molecular weight excluding hydrogens is 328 g/mol. The maximum atomic E-state index is 4.35. The van der Waals surface area contributed by atoms with Crippen molar-refractivity contribution < 1.29 is 0 Å². The molecule has 5 heteroatoms. The van der Waals surface area contributed by atoms with E-state index in [1.807, 2.05) is 6.07 Å². The smallest absolute Gasteiger partial charge is 0.147 e. The number of likely N-dealkylation sites (N-methyl/N-ethyl adjacent to an activating group) is 1. The van der Waals surface area contributed by atoms with Gasteiger partial charge < -0.3 is 9.80 Å². The minimum atomic E-state index is 0.0581. The molecule has 0 saturated carbocycles. The second-order valence-electron chi connectivity index (χ2n) is 6.03. The van der Waals surface area contributed by atoms with Crippen molar-refractivity contribution in [2.75, 3.05) is 23.4 Å². The van der Waals surface area contributed by atoms with Gasteiger partial charge in [0.2, 0.25) is 0 Å². The first-order valence-corrected chi connectivity index (χ1v) is 7.81. The Morgan fingerprint density at radius 2 is 1.90 bits per heavy atom. The summed E-state index contributed by atoms with van der Waals surface area (Å²) in [4.78, 5) is 13.4. The van der Waals surface area contributed by atoms with Crippen LogP contribution in [0.15, 0.2) is 41.1 Å². The lowest BCUT2D eigenvalue weighted by molar-refractivity contribution is 0.458. The first kappa shape index (κ1) is 14.3. The third kappa shape index (κ3) is 2.75.